The number of carbonyl (C=O) groups is 1. The molecule has 0 saturated carbocycles. The van der Waals surface area contributed by atoms with Gasteiger partial charge in [0.15, 0.2) is 0 Å². The first-order valence-corrected chi connectivity index (χ1v) is 10.6. The molecule has 1 aliphatic heterocycles. The van der Waals surface area contributed by atoms with Gasteiger partial charge in [-0.3, -0.25) is 4.79 Å². The fourth-order valence-electron chi connectivity index (χ4n) is 4.27. The van der Waals surface area contributed by atoms with Crippen molar-refractivity contribution in [3.8, 4) is 5.75 Å². The number of nitrogens with one attached hydrogen (secondary N) is 1. The number of rotatable bonds is 5. The number of amides is 1. The Hall–Kier alpha value is -2.34. The third kappa shape index (κ3) is 4.47. The highest BCUT2D eigenvalue weighted by Crippen LogP contribution is 2.43. The average molecular weight is 458 g/mol. The largest absolute Gasteiger partial charge is 0.496 e. The Balaban J connectivity index is 1.78. The van der Waals surface area contributed by atoms with Crippen LogP contribution in [-0.2, 0) is 0 Å². The van der Waals surface area contributed by atoms with Crippen LogP contribution in [0.3, 0.4) is 0 Å². The van der Waals surface area contributed by atoms with Gasteiger partial charge in [-0.05, 0) is 74.6 Å². The van der Waals surface area contributed by atoms with Crippen LogP contribution < -0.4 is 15.1 Å². The van der Waals surface area contributed by atoms with Crippen LogP contribution in [0.5, 0.6) is 5.75 Å². The minimum Gasteiger partial charge on any atom is -0.496 e. The number of hydrazone groups is 1. The number of carbonyl (C=O) groups excluding carboxylic acids is 1. The SMILES string of the molecule is CCN1c2ccc(/C=N\NC(=O)c3cc(Br)ccc3OC)cc2C(C)CC1(C)C. The number of hydrogen-bond acceptors (Lipinski definition) is 4. The summed E-state index contributed by atoms with van der Waals surface area (Å²) in [6.45, 7) is 10.1. The van der Waals surface area contributed by atoms with E-state index in [1.807, 2.05) is 12.1 Å². The molecule has 3 rings (SSSR count). The number of nitrogens with zero attached hydrogens (tertiary/aromatic N) is 2. The van der Waals surface area contributed by atoms with Gasteiger partial charge in [0.25, 0.3) is 5.91 Å². The lowest BCUT2D eigenvalue weighted by atomic mass is 9.79. The number of benzene rings is 2. The van der Waals surface area contributed by atoms with Crippen LogP contribution in [-0.4, -0.2) is 31.3 Å². The summed E-state index contributed by atoms with van der Waals surface area (Å²) in [5.74, 6) is 0.659. The molecule has 1 heterocycles. The van der Waals surface area contributed by atoms with E-state index < -0.39 is 0 Å². The number of hydrogen-bond donors (Lipinski definition) is 1. The zero-order chi connectivity index (χ0) is 21.2. The van der Waals surface area contributed by atoms with Gasteiger partial charge in [0.1, 0.15) is 5.75 Å². The van der Waals surface area contributed by atoms with Gasteiger partial charge in [0.05, 0.1) is 18.9 Å². The Kier molecular flexibility index (Phi) is 6.32. The number of anilines is 1. The topological polar surface area (TPSA) is 53.9 Å². The molecule has 29 heavy (non-hydrogen) atoms. The monoisotopic (exact) mass is 457 g/mol. The van der Waals surface area contributed by atoms with Crippen molar-refractivity contribution in [2.24, 2.45) is 5.10 Å². The summed E-state index contributed by atoms with van der Waals surface area (Å²) in [6, 6.07) is 11.7. The lowest BCUT2D eigenvalue weighted by Crippen LogP contribution is -2.48. The molecule has 2 aromatic carbocycles. The Labute approximate surface area is 181 Å². The molecule has 0 radical (unpaired) electrons. The van der Waals surface area contributed by atoms with E-state index in [0.29, 0.717) is 17.2 Å². The molecule has 1 aliphatic rings. The number of methoxy groups -OCH3 is 1. The standard InChI is InChI=1S/C23H28BrN3O2/c1-6-27-20-9-7-16(11-18(20)15(2)13-23(27,3)4)14-25-26-22(28)19-12-17(24)8-10-21(19)29-5/h7-12,14-15H,6,13H2,1-5H3,(H,26,28)/b25-14-. The smallest absolute Gasteiger partial charge is 0.275 e. The molecule has 0 saturated heterocycles. The maximum atomic E-state index is 12.5. The molecular weight excluding hydrogens is 430 g/mol. The Morgan fingerprint density at radius 3 is 2.79 bits per heavy atom. The first-order valence-electron chi connectivity index (χ1n) is 9.85. The van der Waals surface area contributed by atoms with E-state index in [1.165, 1.54) is 11.3 Å². The zero-order valence-corrected chi connectivity index (χ0v) is 19.2. The summed E-state index contributed by atoms with van der Waals surface area (Å²) < 4.78 is 6.06. The lowest BCUT2D eigenvalue weighted by molar-refractivity contribution is 0.0952. The van der Waals surface area contributed by atoms with E-state index in [0.717, 1.165) is 23.0 Å². The molecule has 1 N–H and O–H groups in total. The van der Waals surface area contributed by atoms with Crippen LogP contribution in [0.25, 0.3) is 0 Å². The molecule has 0 bridgehead atoms. The molecule has 1 amide bonds. The Bertz CT molecular complexity index is 940. The van der Waals surface area contributed by atoms with Gasteiger partial charge < -0.3 is 9.64 Å². The fourth-order valence-corrected chi connectivity index (χ4v) is 4.63. The van der Waals surface area contributed by atoms with Crippen molar-refractivity contribution < 1.29 is 9.53 Å². The van der Waals surface area contributed by atoms with Crippen molar-refractivity contribution in [1.82, 2.24) is 5.43 Å². The minimum atomic E-state index is -0.315. The molecule has 0 aromatic heterocycles. The van der Waals surface area contributed by atoms with Crippen molar-refractivity contribution in [2.45, 2.75) is 45.6 Å². The van der Waals surface area contributed by atoms with Crippen LogP contribution in [0.2, 0.25) is 0 Å². The molecule has 5 nitrogen and oxygen atoms in total. The van der Waals surface area contributed by atoms with Gasteiger partial charge in [-0.1, -0.05) is 28.9 Å². The molecular formula is C23H28BrN3O2. The van der Waals surface area contributed by atoms with Crippen LogP contribution >= 0.6 is 15.9 Å². The first-order chi connectivity index (χ1) is 13.8. The van der Waals surface area contributed by atoms with Crippen molar-refractivity contribution in [3.05, 3.63) is 57.6 Å². The maximum Gasteiger partial charge on any atom is 0.275 e. The highest BCUT2D eigenvalue weighted by atomic mass is 79.9. The summed E-state index contributed by atoms with van der Waals surface area (Å²) in [4.78, 5) is 14.9. The molecule has 2 aromatic rings. The molecule has 1 atom stereocenters. The second-order valence-corrected chi connectivity index (χ2v) is 8.94. The molecule has 6 heteroatoms. The van der Waals surface area contributed by atoms with Crippen molar-refractivity contribution in [3.63, 3.8) is 0 Å². The van der Waals surface area contributed by atoms with Gasteiger partial charge in [-0.25, -0.2) is 5.43 Å². The third-order valence-corrected chi connectivity index (χ3v) is 6.01. The van der Waals surface area contributed by atoms with Gasteiger partial charge in [-0.15, -0.1) is 0 Å². The maximum absolute atomic E-state index is 12.5. The lowest BCUT2D eigenvalue weighted by Gasteiger charge is -2.47. The van der Waals surface area contributed by atoms with Gasteiger partial charge in [0.2, 0.25) is 0 Å². The van der Waals surface area contributed by atoms with E-state index in [1.54, 1.807) is 25.5 Å². The van der Waals surface area contributed by atoms with Crippen LogP contribution in [0.4, 0.5) is 5.69 Å². The second kappa shape index (κ2) is 8.57. The average Bonchev–Trinajstić information content (AvgIpc) is 2.67. The van der Waals surface area contributed by atoms with Crippen LogP contribution in [0.1, 0.15) is 61.5 Å². The highest BCUT2D eigenvalue weighted by molar-refractivity contribution is 9.10. The number of halogens is 1. The second-order valence-electron chi connectivity index (χ2n) is 8.02. The summed E-state index contributed by atoms with van der Waals surface area (Å²) in [5, 5.41) is 4.16. The summed E-state index contributed by atoms with van der Waals surface area (Å²) in [5.41, 5.74) is 6.75. The van der Waals surface area contributed by atoms with E-state index in [9.17, 15) is 4.79 Å². The molecule has 0 fully saturated rings. The van der Waals surface area contributed by atoms with Crippen LogP contribution in [0, 0.1) is 0 Å². The van der Waals surface area contributed by atoms with E-state index >= 15 is 0 Å². The number of fused-ring (bicyclic) bond motifs is 1. The van der Waals surface area contributed by atoms with E-state index in [2.05, 4.69) is 71.2 Å². The minimum absolute atomic E-state index is 0.147. The van der Waals surface area contributed by atoms with Crippen molar-refractivity contribution in [2.75, 3.05) is 18.6 Å². The Morgan fingerprint density at radius 2 is 2.10 bits per heavy atom. The summed E-state index contributed by atoms with van der Waals surface area (Å²) in [7, 11) is 1.54. The van der Waals surface area contributed by atoms with Gasteiger partial charge in [0, 0.05) is 22.2 Å². The molecule has 0 spiro atoms. The predicted octanol–water partition coefficient (Wildman–Crippen LogP) is 5.33. The highest BCUT2D eigenvalue weighted by Gasteiger charge is 2.35. The normalized spacial score (nSPS) is 17.9. The first kappa shape index (κ1) is 21.4. The van der Waals surface area contributed by atoms with E-state index in [-0.39, 0.29) is 11.4 Å². The third-order valence-electron chi connectivity index (χ3n) is 5.51. The molecule has 0 aliphatic carbocycles. The molecule has 154 valence electrons. The zero-order valence-electron chi connectivity index (χ0n) is 17.6. The predicted molar refractivity (Wildman–Crippen MR) is 122 cm³/mol. The van der Waals surface area contributed by atoms with Gasteiger partial charge >= 0.3 is 0 Å². The van der Waals surface area contributed by atoms with Gasteiger partial charge in [-0.2, -0.15) is 5.10 Å². The van der Waals surface area contributed by atoms with Crippen molar-refractivity contribution >= 4 is 33.7 Å². The summed E-state index contributed by atoms with van der Waals surface area (Å²) >= 11 is 3.38. The quantitative estimate of drug-likeness (QED) is 0.487. The van der Waals surface area contributed by atoms with Crippen molar-refractivity contribution in [1.29, 1.82) is 0 Å². The fraction of sp³-hybridized carbons (Fsp3) is 0.391. The molecule has 1 unspecified atom stereocenters. The van der Waals surface area contributed by atoms with E-state index in [4.69, 9.17) is 4.74 Å². The Morgan fingerprint density at radius 1 is 1.34 bits per heavy atom. The summed E-state index contributed by atoms with van der Waals surface area (Å²) in [6.07, 6.45) is 2.79. The van der Waals surface area contributed by atoms with Crippen LogP contribution in [0.15, 0.2) is 46.0 Å². The number of ether oxygens (including phenoxy) is 1.